The molecule has 0 bridgehead atoms. The summed E-state index contributed by atoms with van der Waals surface area (Å²) in [7, 11) is 0. The zero-order chi connectivity index (χ0) is 34.5. The molecule has 1 N–H and O–H groups in total. The lowest BCUT2D eigenvalue weighted by molar-refractivity contribution is 0.0191. The van der Waals surface area contributed by atoms with Crippen molar-refractivity contribution in [3.63, 3.8) is 0 Å². The van der Waals surface area contributed by atoms with E-state index in [0.717, 1.165) is 43.4 Å². The van der Waals surface area contributed by atoms with E-state index in [0.29, 0.717) is 47.9 Å². The number of nitriles is 1. The zero-order valence-corrected chi connectivity index (χ0v) is 27.6. The highest BCUT2D eigenvalue weighted by atomic mass is 19.1. The maximum Gasteiger partial charge on any atom is 0.287 e. The molecule has 4 aromatic carbocycles. The van der Waals surface area contributed by atoms with Crippen LogP contribution in [0.5, 0.6) is 17.2 Å². The van der Waals surface area contributed by atoms with Crippen LogP contribution in [-0.4, -0.2) is 60.2 Å². The Morgan fingerprint density at radius 2 is 1.44 bits per heavy atom. The fourth-order valence-corrected chi connectivity index (χ4v) is 6.60. The number of rotatable bonds is 10. The van der Waals surface area contributed by atoms with Crippen LogP contribution in [0.15, 0.2) is 101 Å². The van der Waals surface area contributed by atoms with Gasteiger partial charge in [-0.05, 0) is 103 Å². The average molecular weight is 677 g/mol. The predicted octanol–water partition coefficient (Wildman–Crippen LogP) is 7.62. The highest BCUT2D eigenvalue weighted by molar-refractivity contribution is 5.96. The second kappa shape index (κ2) is 15.1. The number of nitrogens with one attached hydrogen (secondary N) is 1. The Kier molecular flexibility index (Phi) is 10.1. The van der Waals surface area contributed by atoms with Crippen LogP contribution < -0.4 is 14.8 Å². The Bertz CT molecular complexity index is 1950. The first-order valence-corrected chi connectivity index (χ1v) is 17.0. The standard InChI is InChI=1S/C40H38F2N4O4/c41-31-7-11-34(12-8-31)48-33-9-5-29(6-10-33)25-46-20-17-38(36(42)26-46)49-35-13-14-37-30(21-35)22-39(50-37)40(47)44-32-15-18-45(19-16-32)24-28-3-1-27(23-43)2-4-28/h1-14,21-22,32,36,38H,15-20,24-26H2,(H,44,47). The van der Waals surface area contributed by atoms with E-state index in [1.807, 2.05) is 48.5 Å². The van der Waals surface area contributed by atoms with E-state index in [-0.39, 0.29) is 30.1 Å². The van der Waals surface area contributed by atoms with Gasteiger partial charge in [0, 0.05) is 50.7 Å². The molecule has 7 rings (SSSR count). The Labute approximate surface area is 289 Å². The number of likely N-dealkylation sites (tertiary alicyclic amines) is 2. The normalized spacial score (nSPS) is 18.8. The average Bonchev–Trinajstić information content (AvgIpc) is 3.56. The van der Waals surface area contributed by atoms with Crippen molar-refractivity contribution < 1.29 is 27.5 Å². The van der Waals surface area contributed by atoms with E-state index in [1.54, 1.807) is 36.4 Å². The third-order valence-corrected chi connectivity index (χ3v) is 9.36. The predicted molar refractivity (Wildman–Crippen MR) is 185 cm³/mol. The van der Waals surface area contributed by atoms with Crippen molar-refractivity contribution in [2.24, 2.45) is 0 Å². The van der Waals surface area contributed by atoms with Gasteiger partial charge in [0.1, 0.15) is 40.9 Å². The second-order valence-corrected chi connectivity index (χ2v) is 13.0. The van der Waals surface area contributed by atoms with Gasteiger partial charge in [0.15, 0.2) is 5.76 Å². The summed E-state index contributed by atoms with van der Waals surface area (Å²) in [6.45, 7) is 4.09. The van der Waals surface area contributed by atoms with Crippen LogP contribution in [0.1, 0.15) is 46.5 Å². The lowest BCUT2D eigenvalue weighted by Crippen LogP contribution is -2.46. The molecule has 0 saturated carbocycles. The fraction of sp³-hybridized carbons (Fsp3) is 0.300. The first-order valence-electron chi connectivity index (χ1n) is 17.0. The minimum absolute atomic E-state index is 0.0559. The molecule has 0 radical (unpaired) electrons. The van der Waals surface area contributed by atoms with Gasteiger partial charge in [-0.3, -0.25) is 14.6 Å². The lowest BCUT2D eigenvalue weighted by atomic mass is 10.0. The molecule has 0 aliphatic carbocycles. The molecule has 2 unspecified atom stereocenters. The molecular weight excluding hydrogens is 638 g/mol. The number of carbonyl (C=O) groups excluding carboxylic acids is 1. The van der Waals surface area contributed by atoms with Crippen LogP contribution >= 0.6 is 0 Å². The van der Waals surface area contributed by atoms with Crippen LogP contribution in [0.4, 0.5) is 8.78 Å². The lowest BCUT2D eigenvalue weighted by Gasteiger charge is -2.34. The number of halogens is 2. The zero-order valence-electron chi connectivity index (χ0n) is 27.6. The summed E-state index contributed by atoms with van der Waals surface area (Å²) in [6.07, 6.45) is 0.470. The Hall–Kier alpha value is -5.24. The summed E-state index contributed by atoms with van der Waals surface area (Å²) >= 11 is 0. The van der Waals surface area contributed by atoms with Crippen molar-refractivity contribution >= 4 is 16.9 Å². The number of ether oxygens (including phenoxy) is 2. The number of furan rings is 1. The molecule has 8 nitrogen and oxygen atoms in total. The van der Waals surface area contributed by atoms with Crippen molar-refractivity contribution in [3.05, 3.63) is 125 Å². The number of amides is 1. The molecule has 2 aliphatic heterocycles. The first kappa shape index (κ1) is 33.3. The number of benzene rings is 4. The SMILES string of the molecule is N#Cc1ccc(CN2CCC(NC(=O)c3cc4cc(OC5CCN(Cc6ccc(Oc7ccc(F)cc7)cc6)CC5F)ccc4o3)CC2)cc1. The molecule has 2 saturated heterocycles. The van der Waals surface area contributed by atoms with Gasteiger partial charge < -0.3 is 19.2 Å². The maximum absolute atomic E-state index is 15.3. The van der Waals surface area contributed by atoms with E-state index < -0.39 is 12.3 Å². The van der Waals surface area contributed by atoms with Crippen molar-refractivity contribution in [2.75, 3.05) is 26.2 Å². The molecule has 10 heteroatoms. The van der Waals surface area contributed by atoms with E-state index in [4.69, 9.17) is 19.2 Å². The van der Waals surface area contributed by atoms with Crippen molar-refractivity contribution in [1.29, 1.82) is 5.26 Å². The molecular formula is C40H38F2N4O4. The molecule has 50 heavy (non-hydrogen) atoms. The van der Waals surface area contributed by atoms with Crippen molar-refractivity contribution in [1.82, 2.24) is 15.1 Å². The Balaban J connectivity index is 0.868. The highest BCUT2D eigenvalue weighted by Gasteiger charge is 2.31. The topological polar surface area (TPSA) is 91.0 Å². The van der Waals surface area contributed by atoms with E-state index >= 15 is 4.39 Å². The van der Waals surface area contributed by atoms with Crippen LogP contribution in [0.2, 0.25) is 0 Å². The van der Waals surface area contributed by atoms with Gasteiger partial charge in [0.05, 0.1) is 11.6 Å². The largest absolute Gasteiger partial charge is 0.487 e. The summed E-state index contributed by atoms with van der Waals surface area (Å²) in [5.41, 5.74) is 3.43. The third-order valence-electron chi connectivity index (χ3n) is 9.36. The van der Waals surface area contributed by atoms with Gasteiger partial charge in [0.25, 0.3) is 5.91 Å². The molecule has 2 fully saturated rings. The summed E-state index contributed by atoms with van der Waals surface area (Å²) in [5.74, 6) is 1.41. The summed E-state index contributed by atoms with van der Waals surface area (Å²) < 4.78 is 46.2. The minimum atomic E-state index is -1.17. The quantitative estimate of drug-likeness (QED) is 0.163. The van der Waals surface area contributed by atoms with Gasteiger partial charge in [-0.25, -0.2) is 8.78 Å². The van der Waals surface area contributed by atoms with Crippen LogP contribution in [0.25, 0.3) is 11.0 Å². The number of alkyl halides is 1. The number of nitrogens with zero attached hydrogens (tertiary/aromatic N) is 3. The monoisotopic (exact) mass is 676 g/mol. The van der Waals surface area contributed by atoms with E-state index in [1.165, 1.54) is 17.7 Å². The number of piperidine rings is 2. The third kappa shape index (κ3) is 8.30. The number of fused-ring (bicyclic) bond motifs is 1. The highest BCUT2D eigenvalue weighted by Crippen LogP contribution is 2.29. The van der Waals surface area contributed by atoms with E-state index in [9.17, 15) is 9.18 Å². The van der Waals surface area contributed by atoms with Crippen molar-refractivity contribution in [2.45, 2.75) is 50.7 Å². The molecule has 1 aromatic heterocycles. The molecule has 3 heterocycles. The van der Waals surface area contributed by atoms with Gasteiger partial charge in [-0.2, -0.15) is 5.26 Å². The molecule has 5 aromatic rings. The van der Waals surface area contributed by atoms with Crippen LogP contribution in [0, 0.1) is 17.1 Å². The molecule has 2 atom stereocenters. The van der Waals surface area contributed by atoms with Gasteiger partial charge >= 0.3 is 0 Å². The summed E-state index contributed by atoms with van der Waals surface area (Å²) in [6, 6.07) is 30.4. The smallest absolute Gasteiger partial charge is 0.287 e. The second-order valence-electron chi connectivity index (χ2n) is 13.0. The molecule has 0 spiro atoms. The van der Waals surface area contributed by atoms with Gasteiger partial charge in [-0.1, -0.05) is 24.3 Å². The summed E-state index contributed by atoms with van der Waals surface area (Å²) in [5, 5.41) is 12.8. The van der Waals surface area contributed by atoms with E-state index in [2.05, 4.69) is 21.2 Å². The summed E-state index contributed by atoms with van der Waals surface area (Å²) in [4.78, 5) is 17.5. The fourth-order valence-electron chi connectivity index (χ4n) is 6.60. The minimum Gasteiger partial charge on any atom is -0.487 e. The molecule has 1 amide bonds. The maximum atomic E-state index is 15.3. The van der Waals surface area contributed by atoms with Gasteiger partial charge in [-0.15, -0.1) is 0 Å². The van der Waals surface area contributed by atoms with Crippen molar-refractivity contribution in [3.8, 4) is 23.3 Å². The molecule has 256 valence electrons. The van der Waals surface area contributed by atoms with Gasteiger partial charge in [0.2, 0.25) is 0 Å². The first-order chi connectivity index (χ1) is 24.4. The van der Waals surface area contributed by atoms with Crippen LogP contribution in [-0.2, 0) is 13.1 Å². The van der Waals surface area contributed by atoms with Crippen LogP contribution in [0.3, 0.4) is 0 Å². The number of hydrogen-bond acceptors (Lipinski definition) is 7. The number of carbonyl (C=O) groups is 1. The molecule has 2 aliphatic rings. The Morgan fingerprint density at radius 3 is 2.12 bits per heavy atom. The Morgan fingerprint density at radius 1 is 0.820 bits per heavy atom. The number of hydrogen-bond donors (Lipinski definition) is 1.